The van der Waals surface area contributed by atoms with Crippen molar-refractivity contribution in [3.05, 3.63) is 38.8 Å². The van der Waals surface area contributed by atoms with Gasteiger partial charge in [-0.3, -0.25) is 0 Å². The molecule has 3 rings (SSSR count). The number of rotatable bonds is 3. The number of hydrogen-bond donors (Lipinski definition) is 0. The second-order valence-corrected chi connectivity index (χ2v) is 5.61. The number of carbonyl (C=O) groups excluding carboxylic acids is 1. The summed E-state index contributed by atoms with van der Waals surface area (Å²) in [6.45, 7) is 1.21. The Balaban J connectivity index is 1.73. The molecular weight excluding hydrogens is 346 g/mol. The molecule has 1 aliphatic rings. The van der Waals surface area contributed by atoms with Crippen molar-refractivity contribution in [1.82, 2.24) is 4.98 Å². The van der Waals surface area contributed by atoms with Crippen molar-refractivity contribution >= 4 is 33.2 Å². The van der Waals surface area contributed by atoms with Crippen molar-refractivity contribution in [3.63, 3.8) is 0 Å². The summed E-state index contributed by atoms with van der Waals surface area (Å²) in [5.74, 6) is 0.921. The summed E-state index contributed by atoms with van der Waals surface area (Å²) in [7, 11) is 0. The van der Waals surface area contributed by atoms with Gasteiger partial charge in [-0.05, 0) is 12.1 Å². The fourth-order valence-corrected chi connectivity index (χ4v) is 2.71. The first-order chi connectivity index (χ1) is 9.74. The van der Waals surface area contributed by atoms with Crippen LogP contribution in [0.3, 0.4) is 0 Å². The lowest BCUT2D eigenvalue weighted by Gasteiger charge is -2.19. The molecule has 0 bridgehead atoms. The van der Waals surface area contributed by atoms with Gasteiger partial charge in [-0.1, -0.05) is 15.9 Å². The predicted molar refractivity (Wildman–Crippen MR) is 76.4 cm³/mol. The molecule has 2 heterocycles. The molecule has 1 aliphatic heterocycles. The minimum atomic E-state index is -0.437. The molecule has 0 saturated carbocycles. The number of nitrogens with zero attached hydrogens (tertiary/aromatic N) is 1. The van der Waals surface area contributed by atoms with Crippen LogP contribution in [0.1, 0.15) is 16.1 Å². The molecular formula is C13H10BrNO4S. The van der Waals surface area contributed by atoms with E-state index < -0.39 is 5.97 Å². The molecule has 0 fully saturated rings. The van der Waals surface area contributed by atoms with E-state index in [1.807, 2.05) is 12.1 Å². The summed E-state index contributed by atoms with van der Waals surface area (Å²) in [6, 6.07) is 3.63. The lowest BCUT2D eigenvalue weighted by Crippen LogP contribution is -2.15. The Labute approximate surface area is 127 Å². The summed E-state index contributed by atoms with van der Waals surface area (Å²) in [5, 5.41) is 1.65. The second-order valence-electron chi connectivity index (χ2n) is 4.04. The first-order valence-electron chi connectivity index (χ1n) is 5.87. The lowest BCUT2D eigenvalue weighted by atomic mass is 10.2. The monoisotopic (exact) mass is 355 g/mol. The van der Waals surface area contributed by atoms with Gasteiger partial charge in [0.25, 0.3) is 0 Å². The van der Waals surface area contributed by atoms with Gasteiger partial charge < -0.3 is 14.2 Å². The SMILES string of the molecule is O=C(OCc1cc2c(cc1Br)OCCO2)c1cscn1. The van der Waals surface area contributed by atoms with Crippen LogP contribution in [0, 0.1) is 0 Å². The summed E-state index contributed by atoms with van der Waals surface area (Å²) in [5.41, 5.74) is 2.73. The molecule has 7 heteroatoms. The highest BCUT2D eigenvalue weighted by Gasteiger charge is 2.16. The molecule has 0 spiro atoms. The summed E-state index contributed by atoms with van der Waals surface area (Å²) in [6.07, 6.45) is 0. The maximum Gasteiger partial charge on any atom is 0.358 e. The Kier molecular flexibility index (Phi) is 3.88. The van der Waals surface area contributed by atoms with Crippen LogP contribution in [-0.4, -0.2) is 24.2 Å². The Hall–Kier alpha value is -1.60. The van der Waals surface area contributed by atoms with E-state index in [4.69, 9.17) is 14.2 Å². The molecule has 0 radical (unpaired) electrons. The molecule has 0 atom stereocenters. The Morgan fingerprint density at radius 1 is 1.35 bits per heavy atom. The molecule has 0 N–H and O–H groups in total. The first-order valence-corrected chi connectivity index (χ1v) is 7.61. The van der Waals surface area contributed by atoms with Gasteiger partial charge in [-0.2, -0.15) is 0 Å². The van der Waals surface area contributed by atoms with E-state index in [1.54, 1.807) is 10.9 Å². The number of halogens is 1. The summed E-state index contributed by atoms with van der Waals surface area (Å²) in [4.78, 5) is 15.6. The van der Waals surface area contributed by atoms with Gasteiger partial charge in [0.2, 0.25) is 0 Å². The molecule has 0 amide bonds. The fourth-order valence-electron chi connectivity index (χ4n) is 1.75. The van der Waals surface area contributed by atoms with Crippen LogP contribution in [0.5, 0.6) is 11.5 Å². The van der Waals surface area contributed by atoms with E-state index in [0.717, 1.165) is 10.0 Å². The van der Waals surface area contributed by atoms with Crippen LogP contribution >= 0.6 is 27.3 Å². The molecule has 1 aromatic carbocycles. The van der Waals surface area contributed by atoms with Gasteiger partial charge in [-0.25, -0.2) is 9.78 Å². The fraction of sp³-hybridized carbons (Fsp3) is 0.231. The molecule has 2 aromatic rings. The number of benzene rings is 1. The predicted octanol–water partition coefficient (Wildman–Crippen LogP) is 3.03. The zero-order valence-corrected chi connectivity index (χ0v) is 12.7. The van der Waals surface area contributed by atoms with E-state index in [-0.39, 0.29) is 6.61 Å². The topological polar surface area (TPSA) is 57.7 Å². The van der Waals surface area contributed by atoms with E-state index in [9.17, 15) is 4.79 Å². The smallest absolute Gasteiger partial charge is 0.358 e. The third kappa shape index (κ3) is 2.78. The van der Waals surface area contributed by atoms with Gasteiger partial charge in [0, 0.05) is 15.4 Å². The molecule has 0 aliphatic carbocycles. The third-order valence-corrected chi connectivity index (χ3v) is 4.04. The van der Waals surface area contributed by atoms with Crippen LogP contribution < -0.4 is 9.47 Å². The first kappa shape index (κ1) is 13.4. The average molecular weight is 356 g/mol. The number of carbonyl (C=O) groups is 1. The maximum atomic E-state index is 11.7. The maximum absolute atomic E-state index is 11.7. The third-order valence-electron chi connectivity index (χ3n) is 2.71. The van der Waals surface area contributed by atoms with E-state index in [2.05, 4.69) is 20.9 Å². The number of esters is 1. The summed E-state index contributed by atoms with van der Waals surface area (Å²) < 4.78 is 17.0. The van der Waals surface area contributed by atoms with Crippen molar-refractivity contribution < 1.29 is 19.0 Å². The minimum absolute atomic E-state index is 0.146. The van der Waals surface area contributed by atoms with Crippen molar-refractivity contribution in [2.45, 2.75) is 6.61 Å². The molecule has 0 saturated heterocycles. The van der Waals surface area contributed by atoms with Crippen molar-refractivity contribution in [2.24, 2.45) is 0 Å². The van der Waals surface area contributed by atoms with Crippen LogP contribution in [0.25, 0.3) is 0 Å². The van der Waals surface area contributed by atoms with Crippen LogP contribution in [0.2, 0.25) is 0 Å². The zero-order valence-electron chi connectivity index (χ0n) is 10.3. The van der Waals surface area contributed by atoms with Crippen molar-refractivity contribution in [2.75, 3.05) is 13.2 Å². The van der Waals surface area contributed by atoms with Crippen LogP contribution in [-0.2, 0) is 11.3 Å². The molecule has 5 nitrogen and oxygen atoms in total. The Bertz CT molecular complexity index is 630. The molecule has 1 aromatic heterocycles. The van der Waals surface area contributed by atoms with Crippen LogP contribution in [0.4, 0.5) is 0 Å². The zero-order chi connectivity index (χ0) is 13.9. The quantitative estimate of drug-likeness (QED) is 0.792. The Morgan fingerprint density at radius 2 is 2.10 bits per heavy atom. The normalized spacial score (nSPS) is 13.1. The van der Waals surface area contributed by atoms with Gasteiger partial charge >= 0.3 is 5.97 Å². The van der Waals surface area contributed by atoms with E-state index >= 15 is 0 Å². The standard InChI is InChI=1S/C13H10BrNO4S/c14-9-4-12-11(17-1-2-18-12)3-8(9)5-19-13(16)10-6-20-7-15-10/h3-4,6-7H,1-2,5H2. The van der Waals surface area contributed by atoms with Crippen molar-refractivity contribution in [1.29, 1.82) is 0 Å². The minimum Gasteiger partial charge on any atom is -0.486 e. The highest BCUT2D eigenvalue weighted by molar-refractivity contribution is 9.10. The number of thiazole rings is 1. The van der Waals surface area contributed by atoms with Crippen molar-refractivity contribution in [3.8, 4) is 11.5 Å². The highest BCUT2D eigenvalue weighted by atomic mass is 79.9. The summed E-state index contributed by atoms with van der Waals surface area (Å²) >= 11 is 4.79. The number of ether oxygens (including phenoxy) is 3. The second kappa shape index (κ2) is 5.80. The highest BCUT2D eigenvalue weighted by Crippen LogP contribution is 2.35. The molecule has 20 heavy (non-hydrogen) atoms. The van der Waals surface area contributed by atoms with E-state index in [0.29, 0.717) is 30.4 Å². The average Bonchev–Trinajstić information content (AvgIpc) is 2.99. The number of aromatic nitrogens is 1. The Morgan fingerprint density at radius 3 is 2.80 bits per heavy atom. The van der Waals surface area contributed by atoms with Crippen LogP contribution in [0.15, 0.2) is 27.5 Å². The van der Waals surface area contributed by atoms with E-state index in [1.165, 1.54) is 11.3 Å². The molecule has 104 valence electrons. The van der Waals surface area contributed by atoms with Gasteiger partial charge in [0.1, 0.15) is 19.8 Å². The number of fused-ring (bicyclic) bond motifs is 1. The van der Waals surface area contributed by atoms with Gasteiger partial charge in [-0.15, -0.1) is 11.3 Å². The largest absolute Gasteiger partial charge is 0.486 e. The van der Waals surface area contributed by atoms with Gasteiger partial charge in [0.15, 0.2) is 17.2 Å². The van der Waals surface area contributed by atoms with Gasteiger partial charge in [0.05, 0.1) is 5.51 Å². The molecule has 0 unspecified atom stereocenters. The lowest BCUT2D eigenvalue weighted by molar-refractivity contribution is 0.0465. The number of hydrogen-bond acceptors (Lipinski definition) is 6.